The number of fused-ring (bicyclic) bond motifs is 12. The summed E-state index contributed by atoms with van der Waals surface area (Å²) in [4.78, 5) is 31.6. The van der Waals surface area contributed by atoms with E-state index in [1.165, 1.54) is 55.9 Å². The van der Waals surface area contributed by atoms with E-state index in [0.29, 0.717) is 11.6 Å². The molecule has 0 N–H and O–H groups in total. The minimum absolute atomic E-state index is 0.715. The van der Waals surface area contributed by atoms with Crippen LogP contribution in [-0.4, -0.2) is 41.6 Å². The minimum Gasteiger partial charge on any atom is -0.314 e. The lowest BCUT2D eigenvalue weighted by atomic mass is 10.0. The van der Waals surface area contributed by atoms with Crippen molar-refractivity contribution < 1.29 is 9.13 Å². The Hall–Kier alpha value is -13.5. The van der Waals surface area contributed by atoms with Crippen LogP contribution in [0.1, 0.15) is 40.7 Å². The molecule has 1 aliphatic heterocycles. The van der Waals surface area contributed by atoms with Gasteiger partial charge in [0.25, 0.3) is 0 Å². The highest BCUT2D eigenvalue weighted by Gasteiger charge is 2.40. The zero-order valence-corrected chi connectivity index (χ0v) is 66.9. The number of hydrogen-bond acceptors (Lipinski definition) is 10. The number of para-hydroxylation sites is 1. The van der Waals surface area contributed by atoms with Crippen molar-refractivity contribution in [1.82, 2.24) is 34.9 Å². The predicted octanol–water partition coefficient (Wildman–Crippen LogP) is 23.9. The topological polar surface area (TPSA) is 148 Å². The third-order valence-electron chi connectivity index (χ3n) is 19.6. The molecule has 1 unspecified atom stereocenters. The Kier molecular flexibility index (Phi) is 25.5. The van der Waals surface area contributed by atoms with E-state index in [2.05, 4.69) is 215 Å². The Bertz CT molecular complexity index is 6500. The van der Waals surface area contributed by atoms with Crippen LogP contribution in [0.25, 0.3) is 110 Å². The SMILES string of the molecule is CC#N.CP(=O)(c1ccccc1)c1ccccc1.Cc1cc2cc3ccccc3nc2c2ncccc12.Cc1ccc2c(c1)P(=O)(c1ccccc1)c1ccccc1-2.Cc1ccc2ccc3cccnc3c2n1.Cc1cccc2ccccc12.Cc1cccc2ccccc12.Cc1nc(-c2ccccc2)nc(-c2ccccc2)n1. The molecule has 19 aromatic rings. The lowest BCUT2D eigenvalue weighted by Crippen LogP contribution is -2.20. The quantitative estimate of drug-likeness (QED) is 0.0926. The van der Waals surface area contributed by atoms with E-state index in [9.17, 15) is 9.13 Å². The molecule has 5 aromatic heterocycles. The molecule has 1 aliphatic rings. The van der Waals surface area contributed by atoms with Crippen LogP contribution in [0.4, 0.5) is 0 Å². The monoisotopic (exact) mass is 1520 g/mol. The Morgan fingerprint density at radius 3 is 1.35 bits per heavy atom. The smallest absolute Gasteiger partial charge is 0.172 e. The van der Waals surface area contributed by atoms with Crippen LogP contribution in [0.3, 0.4) is 0 Å². The normalized spacial score (nSPS) is 12.1. The van der Waals surface area contributed by atoms with Gasteiger partial charge < -0.3 is 9.13 Å². The molecular weight excluding hydrogens is 1430 g/mol. The molecule has 10 nitrogen and oxygen atoms in total. The summed E-state index contributed by atoms with van der Waals surface area (Å²) in [6.45, 7) is 15.6. The van der Waals surface area contributed by atoms with E-state index in [1.807, 2.05) is 239 Å². The molecule has 0 aliphatic carbocycles. The number of nitrogens with zero attached hydrogens (tertiary/aromatic N) is 8. The molecule has 0 amide bonds. The maximum absolute atomic E-state index is 14.0. The molecule has 0 saturated heterocycles. The van der Waals surface area contributed by atoms with Gasteiger partial charge in [0.1, 0.15) is 13.0 Å². The first-order valence-electron chi connectivity index (χ1n) is 37.8. The van der Waals surface area contributed by atoms with Crippen molar-refractivity contribution in [3.05, 3.63) is 410 Å². The molecule has 0 radical (unpaired) electrons. The van der Waals surface area contributed by atoms with Crippen molar-refractivity contribution in [2.24, 2.45) is 0 Å². The molecule has 0 bridgehead atoms. The van der Waals surface area contributed by atoms with Crippen LogP contribution in [0.2, 0.25) is 0 Å². The van der Waals surface area contributed by atoms with Crippen LogP contribution in [0, 0.1) is 52.9 Å². The van der Waals surface area contributed by atoms with Crippen molar-refractivity contribution in [1.29, 1.82) is 5.26 Å². The third-order valence-corrected chi connectivity index (χ3v) is 25.3. The highest BCUT2D eigenvalue weighted by molar-refractivity contribution is 7.86. The fourth-order valence-electron chi connectivity index (χ4n) is 13.9. The molecule has 0 fully saturated rings. The zero-order chi connectivity index (χ0) is 79.4. The summed E-state index contributed by atoms with van der Waals surface area (Å²) in [6, 6.07) is 124. The Balaban J connectivity index is 0.000000117. The lowest BCUT2D eigenvalue weighted by molar-refractivity contribution is 0.590. The highest BCUT2D eigenvalue weighted by atomic mass is 31.2. The first-order valence-corrected chi connectivity index (χ1v) is 41.7. The van der Waals surface area contributed by atoms with Crippen LogP contribution < -0.4 is 26.5 Å². The van der Waals surface area contributed by atoms with E-state index in [0.717, 1.165) is 110 Å². The molecule has 14 aromatic carbocycles. The van der Waals surface area contributed by atoms with E-state index >= 15 is 0 Å². The summed E-state index contributed by atoms with van der Waals surface area (Å²) >= 11 is 0. The average Bonchev–Trinajstić information content (AvgIpc) is 1.46. The van der Waals surface area contributed by atoms with Crippen LogP contribution >= 0.6 is 14.3 Å². The fourth-order valence-corrected chi connectivity index (χ4v) is 18.8. The maximum Gasteiger partial charge on any atom is 0.172 e. The maximum atomic E-state index is 14.0. The number of hydrogen-bond donors (Lipinski definition) is 0. The van der Waals surface area contributed by atoms with Crippen LogP contribution in [0.15, 0.2) is 376 Å². The van der Waals surface area contributed by atoms with Gasteiger partial charge in [-0.2, -0.15) is 5.26 Å². The number of pyridine rings is 4. The molecule has 556 valence electrons. The van der Waals surface area contributed by atoms with Crippen LogP contribution in [-0.2, 0) is 9.13 Å². The predicted molar refractivity (Wildman–Crippen MR) is 480 cm³/mol. The van der Waals surface area contributed by atoms with Gasteiger partial charge in [0.2, 0.25) is 0 Å². The van der Waals surface area contributed by atoms with Gasteiger partial charge >= 0.3 is 0 Å². The van der Waals surface area contributed by atoms with Gasteiger partial charge in [-0.05, 0) is 140 Å². The average molecular weight is 1520 g/mol. The Morgan fingerprint density at radius 2 is 0.772 bits per heavy atom. The van der Waals surface area contributed by atoms with Gasteiger partial charge in [0.05, 0.1) is 33.7 Å². The molecule has 1 atom stereocenters. The summed E-state index contributed by atoms with van der Waals surface area (Å²) in [5.74, 6) is 2.16. The van der Waals surface area contributed by atoms with E-state index in [1.54, 1.807) is 6.07 Å². The molecule has 12 heteroatoms. The number of aromatic nitrogens is 7. The largest absolute Gasteiger partial charge is 0.314 e. The summed E-state index contributed by atoms with van der Waals surface area (Å²) in [5.41, 5.74) is 15.3. The number of rotatable bonds is 5. The molecule has 114 heavy (non-hydrogen) atoms. The second-order valence-corrected chi connectivity index (χ2v) is 33.2. The second kappa shape index (κ2) is 37.0. The van der Waals surface area contributed by atoms with Gasteiger partial charge in [-0.15, -0.1) is 0 Å². The summed E-state index contributed by atoms with van der Waals surface area (Å²) in [7, 11) is -5.13. The van der Waals surface area contributed by atoms with E-state index in [4.69, 9.17) is 10.2 Å². The third kappa shape index (κ3) is 18.4. The molecule has 0 spiro atoms. The van der Waals surface area contributed by atoms with Crippen LogP contribution in [0.5, 0.6) is 0 Å². The number of nitriles is 1. The summed E-state index contributed by atoms with van der Waals surface area (Å²) in [5, 5.41) is 23.2. The van der Waals surface area contributed by atoms with Crippen molar-refractivity contribution >= 4 is 117 Å². The van der Waals surface area contributed by atoms with E-state index in [-0.39, 0.29) is 0 Å². The highest BCUT2D eigenvalue weighted by Crippen LogP contribution is 2.52. The molecule has 20 rings (SSSR count). The number of benzene rings is 14. The Labute approximate surface area is 667 Å². The lowest BCUT2D eigenvalue weighted by Gasteiger charge is -2.15. The molecular formula is C102H86N8O2P2. The van der Waals surface area contributed by atoms with Crippen molar-refractivity contribution in [3.63, 3.8) is 0 Å². The minimum atomic E-state index is -2.73. The standard InChI is InChI=1S/C19H15OP.C17H12N2.C16H13N3.C13H10N2.C13H13OP.2C11H10.C2H3N/c1-14-11-12-17-16-9-5-6-10-18(16)21(20,19(17)13-14)15-7-3-2-4-8-15;1-11-9-13-10-12-5-2-3-7-15(12)19-16(13)17-14(11)6-4-8-18-17;1-12-17-15(13-8-4-2-5-9-13)19-16(18-12)14-10-6-3-7-11-14;1-9-4-5-11-7-6-10-3-2-8-14-12(10)13(11)15-9;1-15(14,12-8-4-2-5-9-12)13-10-6-3-7-11-13;2*1-9-5-4-7-10-6-2-3-8-11(9)10;1-2-3/h2-13H,1H3;2-10H,1H3;2-11H,1H3;2-8H,1H3;2-11H,1H3;2*2-8H,1H3;1H3. The Morgan fingerprint density at radius 1 is 0.333 bits per heavy atom. The van der Waals surface area contributed by atoms with Gasteiger partial charge in [-0.25, -0.2) is 19.9 Å². The fraction of sp³-hybridized carbons (Fsp3) is 0.0784. The van der Waals surface area contributed by atoms with E-state index < -0.39 is 14.3 Å². The zero-order valence-electron chi connectivity index (χ0n) is 65.1. The second-order valence-electron chi connectivity index (χ2n) is 27.7. The van der Waals surface area contributed by atoms with Gasteiger partial charge in [0, 0.05) is 89.6 Å². The number of aryl methyl sites for hydroxylation is 6. The van der Waals surface area contributed by atoms with Crippen molar-refractivity contribution in [2.75, 3.05) is 6.66 Å². The van der Waals surface area contributed by atoms with Gasteiger partial charge in [-0.3, -0.25) is 15.0 Å². The first kappa shape index (κ1) is 78.6. The van der Waals surface area contributed by atoms with Gasteiger partial charge in [0.15, 0.2) is 18.8 Å². The van der Waals surface area contributed by atoms with Gasteiger partial charge in [-0.1, -0.05) is 327 Å². The molecule has 6 heterocycles. The molecule has 0 saturated carbocycles. The first-order chi connectivity index (χ1) is 55.6. The van der Waals surface area contributed by atoms with Crippen molar-refractivity contribution in [2.45, 2.75) is 48.5 Å². The summed E-state index contributed by atoms with van der Waals surface area (Å²) < 4.78 is 26.6. The van der Waals surface area contributed by atoms with Crippen molar-refractivity contribution in [3.8, 4) is 40.0 Å². The summed E-state index contributed by atoms with van der Waals surface area (Å²) in [6.07, 6.45) is 3.64.